The number of esters is 2. The summed E-state index contributed by atoms with van der Waals surface area (Å²) in [5, 5.41) is 20.7. The summed E-state index contributed by atoms with van der Waals surface area (Å²) >= 11 is 0. The third-order valence-electron chi connectivity index (χ3n) is 11.6. The summed E-state index contributed by atoms with van der Waals surface area (Å²) in [6, 6.07) is 20.2. The van der Waals surface area contributed by atoms with E-state index in [1.807, 2.05) is 60.7 Å². The first-order valence-corrected chi connectivity index (χ1v) is 25.1. The quantitative estimate of drug-likeness (QED) is 0.0358. The average molecular weight is 1030 g/mol. The third kappa shape index (κ3) is 38.5. The number of hydrogen-bond donors (Lipinski definition) is 0. The van der Waals surface area contributed by atoms with Crippen molar-refractivity contribution in [2.24, 2.45) is 0 Å². The summed E-state index contributed by atoms with van der Waals surface area (Å²) in [7, 11) is 0. The van der Waals surface area contributed by atoms with Gasteiger partial charge in [-0.2, -0.15) is 0 Å². The van der Waals surface area contributed by atoms with Crippen molar-refractivity contribution >= 4 is 72.8 Å². The molecule has 10 nitrogen and oxygen atoms in total. The molecule has 0 bridgehead atoms. The van der Waals surface area contributed by atoms with Crippen molar-refractivity contribution in [3.63, 3.8) is 0 Å². The van der Waals surface area contributed by atoms with Gasteiger partial charge in [0.15, 0.2) is 0 Å². The molecule has 0 aliphatic heterocycles. The van der Waals surface area contributed by atoms with Crippen LogP contribution >= 0.6 is 0 Å². The fourth-order valence-electron chi connectivity index (χ4n) is 8.01. The number of carbonyl (C=O) groups excluding carboxylic acids is 4. The summed E-state index contributed by atoms with van der Waals surface area (Å²) in [4.78, 5) is 43.9. The molecule has 0 aliphatic carbocycles. The predicted molar refractivity (Wildman–Crippen MR) is 258 cm³/mol. The minimum atomic E-state index is -0.936. The van der Waals surface area contributed by atoms with E-state index in [1.54, 1.807) is 0 Å². The Hall–Kier alpha value is -2.19. The number of unbranched alkanes of at least 4 members (excludes halogenated alkanes) is 20. The van der Waals surface area contributed by atoms with Crippen LogP contribution in [-0.2, 0) is 51.3 Å². The Morgan fingerprint density at radius 2 is 0.677 bits per heavy atom. The molecule has 0 aliphatic rings. The van der Waals surface area contributed by atoms with Crippen LogP contribution in [-0.4, -0.2) is 97.2 Å². The van der Waals surface area contributed by atoms with E-state index in [1.165, 1.54) is 90.9 Å². The van der Waals surface area contributed by atoms with Crippen LogP contribution in [0.1, 0.15) is 219 Å². The van der Waals surface area contributed by atoms with E-state index < -0.39 is 11.9 Å². The van der Waals surface area contributed by atoms with Crippen LogP contribution in [0.3, 0.4) is 0 Å². The van der Waals surface area contributed by atoms with Gasteiger partial charge >= 0.3 is 60.8 Å². The summed E-state index contributed by atoms with van der Waals surface area (Å²) < 4.78 is 23.4. The van der Waals surface area contributed by atoms with Gasteiger partial charge in [-0.25, -0.2) is 0 Å². The van der Waals surface area contributed by atoms with Crippen molar-refractivity contribution in [3.8, 4) is 0 Å². The number of carboxylic acid groups (broad SMARTS) is 2. The zero-order chi connectivity index (χ0) is 46.9. The normalized spacial score (nSPS) is 12.7. The van der Waals surface area contributed by atoms with Gasteiger partial charge < -0.3 is 38.7 Å². The van der Waals surface area contributed by atoms with Crippen LogP contribution in [0.15, 0.2) is 60.7 Å². The smallest absolute Gasteiger partial charge is 0.550 e. The molecular formula is C54H86BaO10. The van der Waals surface area contributed by atoms with Gasteiger partial charge in [-0.1, -0.05) is 190 Å². The summed E-state index contributed by atoms with van der Waals surface area (Å²) in [5.74, 6) is -2.35. The van der Waals surface area contributed by atoms with Crippen LogP contribution in [0.4, 0.5) is 0 Å². The molecule has 364 valence electrons. The molecule has 11 heteroatoms. The number of rotatable bonds is 40. The molecule has 4 atom stereocenters. The molecule has 0 spiro atoms. The maximum Gasteiger partial charge on any atom is 2.00 e. The van der Waals surface area contributed by atoms with E-state index in [4.69, 9.17) is 18.9 Å². The zero-order valence-electron chi connectivity index (χ0n) is 41.1. The molecule has 2 rings (SSSR count). The molecule has 4 unspecified atom stereocenters. The third-order valence-corrected chi connectivity index (χ3v) is 11.6. The molecule has 0 amide bonds. The van der Waals surface area contributed by atoms with Crippen molar-refractivity contribution in [2.75, 3.05) is 0 Å². The Balaban J connectivity index is 0.00000124. The molecule has 0 heterocycles. The second-order valence-corrected chi connectivity index (χ2v) is 17.4. The maximum absolute atomic E-state index is 11.6. The molecule has 0 saturated heterocycles. The van der Waals surface area contributed by atoms with Crippen molar-refractivity contribution < 1.29 is 48.3 Å². The topological polar surface area (TPSA) is 151 Å². The molecule has 0 fully saturated rings. The SMILES string of the molecule is CCC(OCc1ccccc1)C(CCCCCCCCCCCCCC(=O)[O-])OC(C)=O.CCC(OCc1ccccc1)C(CCCCCCCCCCCCCC(=O)[O-])OC(C)=O.[Ba+2]. The van der Waals surface area contributed by atoms with Gasteiger partial charge in [0.05, 0.1) is 25.4 Å². The van der Waals surface area contributed by atoms with E-state index in [0.29, 0.717) is 13.2 Å². The zero-order valence-corrected chi connectivity index (χ0v) is 45.5. The fourth-order valence-corrected chi connectivity index (χ4v) is 8.01. The Morgan fingerprint density at radius 1 is 0.415 bits per heavy atom. The van der Waals surface area contributed by atoms with Crippen molar-refractivity contribution in [1.82, 2.24) is 0 Å². The van der Waals surface area contributed by atoms with Gasteiger partial charge in [0, 0.05) is 25.8 Å². The first-order chi connectivity index (χ1) is 31.0. The molecule has 2 aromatic rings. The predicted octanol–water partition coefficient (Wildman–Crippen LogP) is 11.1. The first kappa shape index (κ1) is 62.8. The summed E-state index contributed by atoms with van der Waals surface area (Å²) in [5.41, 5.74) is 2.26. The largest absolute Gasteiger partial charge is 2.00 e. The minimum Gasteiger partial charge on any atom is -0.550 e. The number of benzene rings is 2. The number of ether oxygens (including phenoxy) is 4. The molecule has 0 aromatic heterocycles. The average Bonchev–Trinajstić information content (AvgIpc) is 3.27. The van der Waals surface area contributed by atoms with E-state index in [9.17, 15) is 29.4 Å². The van der Waals surface area contributed by atoms with Crippen LogP contribution in [0.25, 0.3) is 0 Å². The van der Waals surface area contributed by atoms with E-state index in [-0.39, 0.29) is 98.1 Å². The second kappa shape index (κ2) is 44.3. The Bertz CT molecular complexity index is 1320. The Labute approximate surface area is 434 Å². The summed E-state index contributed by atoms with van der Waals surface area (Å²) in [6.07, 6.45) is 28.0. The second-order valence-electron chi connectivity index (χ2n) is 17.4. The number of carbonyl (C=O) groups is 4. The monoisotopic (exact) mass is 1030 g/mol. The molecular weight excluding hydrogens is 946 g/mol. The van der Waals surface area contributed by atoms with E-state index in [2.05, 4.69) is 13.8 Å². The molecule has 0 N–H and O–H groups in total. The van der Waals surface area contributed by atoms with Gasteiger partial charge in [0.25, 0.3) is 0 Å². The number of aliphatic carboxylic acids is 2. The summed E-state index contributed by atoms with van der Waals surface area (Å²) in [6.45, 7) is 8.17. The Morgan fingerprint density at radius 3 is 0.923 bits per heavy atom. The van der Waals surface area contributed by atoms with E-state index in [0.717, 1.165) is 101 Å². The molecule has 65 heavy (non-hydrogen) atoms. The minimum absolute atomic E-state index is 0. The van der Waals surface area contributed by atoms with Gasteiger partial charge in [0.1, 0.15) is 12.2 Å². The maximum atomic E-state index is 11.6. The number of carboxylic acids is 2. The van der Waals surface area contributed by atoms with Crippen LogP contribution in [0, 0.1) is 0 Å². The van der Waals surface area contributed by atoms with Gasteiger partial charge in [-0.15, -0.1) is 0 Å². The first-order valence-electron chi connectivity index (χ1n) is 25.1. The van der Waals surface area contributed by atoms with Crippen LogP contribution in [0.2, 0.25) is 0 Å². The van der Waals surface area contributed by atoms with Crippen molar-refractivity contribution in [2.45, 2.75) is 245 Å². The Kier molecular flexibility index (Phi) is 42.8. The van der Waals surface area contributed by atoms with Crippen LogP contribution in [0.5, 0.6) is 0 Å². The standard InChI is InChI=1S/2C27H44O5.Ba/c2*1-3-25(31-22-24-18-14-13-15-19-24)26(32-23(2)28)20-16-11-9-7-5-4-6-8-10-12-17-21-27(29)30;/h2*13-15,18-19,25-26H,3-12,16-17,20-22H2,1-2H3,(H,29,30);/q;;+2/p-2. The van der Waals surface area contributed by atoms with E-state index >= 15 is 0 Å². The van der Waals surface area contributed by atoms with Gasteiger partial charge in [-0.05, 0) is 75.3 Å². The fraction of sp³-hybridized carbons (Fsp3) is 0.704. The molecule has 0 radical (unpaired) electrons. The van der Waals surface area contributed by atoms with Crippen LogP contribution < -0.4 is 10.2 Å². The molecule has 0 saturated carbocycles. The number of hydrogen-bond acceptors (Lipinski definition) is 10. The molecule has 2 aromatic carbocycles. The van der Waals surface area contributed by atoms with Gasteiger partial charge in [0.2, 0.25) is 0 Å². The van der Waals surface area contributed by atoms with Gasteiger partial charge in [-0.3, -0.25) is 9.59 Å². The van der Waals surface area contributed by atoms with Crippen molar-refractivity contribution in [3.05, 3.63) is 71.8 Å². The van der Waals surface area contributed by atoms with Crippen molar-refractivity contribution in [1.29, 1.82) is 0 Å².